The van der Waals surface area contributed by atoms with Crippen LogP contribution in [0.3, 0.4) is 0 Å². The van der Waals surface area contributed by atoms with Crippen LogP contribution in [-0.4, -0.2) is 32.8 Å². The Morgan fingerprint density at radius 1 is 1.07 bits per heavy atom. The number of ketones is 1. The summed E-state index contributed by atoms with van der Waals surface area (Å²) in [4.78, 5) is 24.1. The summed E-state index contributed by atoms with van der Waals surface area (Å²) in [5.41, 5.74) is 1.15. The van der Waals surface area contributed by atoms with E-state index in [1.165, 1.54) is 31.2 Å². The molecule has 0 aliphatic carbocycles. The number of rotatable bonds is 8. The highest BCUT2D eigenvalue weighted by Gasteiger charge is 2.20. The second-order valence-corrected chi connectivity index (χ2v) is 7.73. The molecular formula is C19H20FNO5S. The number of Topliss-reactive ketones (excluding diaryl/α,β-unsaturated/α-hetero) is 1. The molecule has 0 bridgehead atoms. The Morgan fingerprint density at radius 2 is 1.67 bits per heavy atom. The maximum Gasteiger partial charge on any atom is 0.307 e. The fraction of sp³-hybridized carbons (Fsp3) is 0.263. The molecule has 2 aromatic carbocycles. The van der Waals surface area contributed by atoms with Crippen molar-refractivity contribution in [2.24, 2.45) is 0 Å². The van der Waals surface area contributed by atoms with Crippen molar-refractivity contribution in [1.82, 2.24) is 4.72 Å². The Morgan fingerprint density at radius 3 is 2.26 bits per heavy atom. The number of carbonyl (C=O) groups excluding carboxylic acids is 2. The number of hydrogen-bond donors (Lipinski definition) is 1. The lowest BCUT2D eigenvalue weighted by atomic mass is 10.1. The van der Waals surface area contributed by atoms with E-state index in [0.29, 0.717) is 0 Å². The summed E-state index contributed by atoms with van der Waals surface area (Å²) in [7, 11) is -3.72. The summed E-state index contributed by atoms with van der Waals surface area (Å²) in [5.74, 6) is -1.66. The minimum absolute atomic E-state index is 0.0984. The molecular weight excluding hydrogens is 373 g/mol. The molecule has 1 atom stereocenters. The zero-order valence-electron chi connectivity index (χ0n) is 14.9. The predicted octanol–water partition coefficient (Wildman–Crippen LogP) is 2.62. The fourth-order valence-electron chi connectivity index (χ4n) is 2.25. The standard InChI is InChI=1S/C19H20FNO5S/c1-13-3-9-17(10-4-13)27(24,25)21-12-11-18(22)26-14(2)19(23)15-5-7-16(20)8-6-15/h3-10,14,21H,11-12H2,1-2H3/t14-/m1/s1. The molecule has 0 radical (unpaired) electrons. The van der Waals surface area contributed by atoms with Crippen molar-refractivity contribution < 1.29 is 27.1 Å². The van der Waals surface area contributed by atoms with Gasteiger partial charge >= 0.3 is 5.97 Å². The second-order valence-electron chi connectivity index (χ2n) is 5.96. The molecule has 0 saturated carbocycles. The number of benzene rings is 2. The molecule has 0 saturated heterocycles. The monoisotopic (exact) mass is 393 g/mol. The second kappa shape index (κ2) is 8.88. The maximum atomic E-state index is 12.9. The molecule has 8 heteroatoms. The minimum atomic E-state index is -3.72. The fourth-order valence-corrected chi connectivity index (χ4v) is 3.28. The third-order valence-corrected chi connectivity index (χ3v) is 5.24. The van der Waals surface area contributed by atoms with Crippen LogP contribution in [0.15, 0.2) is 53.4 Å². The molecule has 0 aromatic heterocycles. The van der Waals surface area contributed by atoms with Crippen LogP contribution in [0.4, 0.5) is 4.39 Å². The van der Waals surface area contributed by atoms with Crippen molar-refractivity contribution in [3.05, 3.63) is 65.5 Å². The zero-order chi connectivity index (χ0) is 20.0. The molecule has 0 aliphatic heterocycles. The van der Waals surface area contributed by atoms with Crippen LogP contribution >= 0.6 is 0 Å². The third kappa shape index (κ3) is 5.97. The SMILES string of the molecule is Cc1ccc(S(=O)(=O)NCCC(=O)O[C@H](C)C(=O)c2ccc(F)cc2)cc1. The number of ether oxygens (including phenoxy) is 1. The lowest BCUT2D eigenvalue weighted by Gasteiger charge is -2.13. The number of hydrogen-bond acceptors (Lipinski definition) is 5. The number of carbonyl (C=O) groups is 2. The molecule has 0 aliphatic rings. The first-order chi connectivity index (χ1) is 12.7. The van der Waals surface area contributed by atoms with Gasteiger partial charge in [0.2, 0.25) is 15.8 Å². The zero-order valence-corrected chi connectivity index (χ0v) is 15.8. The van der Waals surface area contributed by atoms with Crippen LogP contribution in [0.25, 0.3) is 0 Å². The summed E-state index contributed by atoms with van der Waals surface area (Å²) in [5, 5.41) is 0. The van der Waals surface area contributed by atoms with Crippen molar-refractivity contribution in [2.45, 2.75) is 31.3 Å². The molecule has 144 valence electrons. The molecule has 2 rings (SSSR count). The van der Waals surface area contributed by atoms with Crippen LogP contribution in [0.5, 0.6) is 0 Å². The number of nitrogens with one attached hydrogen (secondary N) is 1. The van der Waals surface area contributed by atoms with E-state index < -0.39 is 33.7 Å². The van der Waals surface area contributed by atoms with E-state index in [-0.39, 0.29) is 23.4 Å². The highest BCUT2D eigenvalue weighted by Crippen LogP contribution is 2.11. The molecule has 6 nitrogen and oxygen atoms in total. The van der Waals surface area contributed by atoms with Gasteiger partial charge in [-0.1, -0.05) is 17.7 Å². The maximum absolute atomic E-state index is 12.9. The molecule has 1 N–H and O–H groups in total. The number of sulfonamides is 1. The topological polar surface area (TPSA) is 89.5 Å². The van der Waals surface area contributed by atoms with E-state index in [0.717, 1.165) is 17.7 Å². The largest absolute Gasteiger partial charge is 0.454 e. The van der Waals surface area contributed by atoms with Gasteiger partial charge in [-0.3, -0.25) is 9.59 Å². The Hall–Kier alpha value is -2.58. The normalized spacial score (nSPS) is 12.4. The Labute approximate surface area is 157 Å². The van der Waals surface area contributed by atoms with Gasteiger partial charge in [-0.15, -0.1) is 0 Å². The molecule has 27 heavy (non-hydrogen) atoms. The summed E-state index contributed by atoms with van der Waals surface area (Å²) in [6, 6.07) is 11.2. The lowest BCUT2D eigenvalue weighted by Crippen LogP contribution is -2.29. The van der Waals surface area contributed by atoms with Crippen molar-refractivity contribution in [1.29, 1.82) is 0 Å². The van der Waals surface area contributed by atoms with Gasteiger partial charge in [-0.2, -0.15) is 0 Å². The molecule has 0 fully saturated rings. The van der Waals surface area contributed by atoms with E-state index in [1.54, 1.807) is 12.1 Å². The van der Waals surface area contributed by atoms with E-state index in [1.807, 2.05) is 6.92 Å². The van der Waals surface area contributed by atoms with Crippen LogP contribution in [0.2, 0.25) is 0 Å². The first kappa shape index (κ1) is 20.7. The van der Waals surface area contributed by atoms with Crippen molar-refractivity contribution in [3.63, 3.8) is 0 Å². The van der Waals surface area contributed by atoms with E-state index in [2.05, 4.69) is 4.72 Å². The molecule has 0 amide bonds. The Bertz CT molecular complexity index is 908. The van der Waals surface area contributed by atoms with Crippen LogP contribution < -0.4 is 4.72 Å². The van der Waals surface area contributed by atoms with Gasteiger partial charge in [-0.05, 0) is 50.2 Å². The highest BCUT2D eigenvalue weighted by atomic mass is 32.2. The number of halogens is 1. The van der Waals surface area contributed by atoms with Gasteiger partial charge in [0.25, 0.3) is 0 Å². The third-order valence-electron chi connectivity index (χ3n) is 3.76. The van der Waals surface area contributed by atoms with Crippen molar-refractivity contribution in [2.75, 3.05) is 6.54 Å². The number of aryl methyl sites for hydroxylation is 1. The van der Waals surface area contributed by atoms with Gasteiger partial charge in [0.15, 0.2) is 6.10 Å². The van der Waals surface area contributed by atoms with Crippen molar-refractivity contribution in [3.8, 4) is 0 Å². The summed E-state index contributed by atoms with van der Waals surface area (Å²) in [6.07, 6.45) is -1.29. The smallest absolute Gasteiger partial charge is 0.307 e. The van der Waals surface area contributed by atoms with Crippen LogP contribution in [0.1, 0.15) is 29.3 Å². The van der Waals surface area contributed by atoms with Crippen molar-refractivity contribution >= 4 is 21.8 Å². The van der Waals surface area contributed by atoms with Crippen LogP contribution in [-0.2, 0) is 19.6 Å². The first-order valence-corrected chi connectivity index (χ1v) is 9.73. The van der Waals surface area contributed by atoms with Gasteiger partial charge < -0.3 is 4.74 Å². The molecule has 0 unspecified atom stereocenters. The quantitative estimate of drug-likeness (QED) is 0.550. The van der Waals surface area contributed by atoms with E-state index >= 15 is 0 Å². The summed E-state index contributed by atoms with van der Waals surface area (Å²) < 4.78 is 44.5. The number of esters is 1. The van der Waals surface area contributed by atoms with Gasteiger partial charge in [0.1, 0.15) is 5.82 Å². The summed E-state index contributed by atoms with van der Waals surface area (Å²) in [6.45, 7) is 3.08. The Kier molecular flexibility index (Phi) is 6.81. The first-order valence-electron chi connectivity index (χ1n) is 8.24. The predicted molar refractivity (Wildman–Crippen MR) is 97.3 cm³/mol. The molecule has 2 aromatic rings. The van der Waals surface area contributed by atoms with Gasteiger partial charge in [-0.25, -0.2) is 17.5 Å². The molecule has 0 heterocycles. The van der Waals surface area contributed by atoms with E-state index in [9.17, 15) is 22.4 Å². The molecule has 0 spiro atoms. The summed E-state index contributed by atoms with van der Waals surface area (Å²) >= 11 is 0. The highest BCUT2D eigenvalue weighted by molar-refractivity contribution is 7.89. The van der Waals surface area contributed by atoms with Gasteiger partial charge in [0.05, 0.1) is 11.3 Å². The average molecular weight is 393 g/mol. The lowest BCUT2D eigenvalue weighted by molar-refractivity contribution is -0.146. The Balaban J connectivity index is 1.84. The van der Waals surface area contributed by atoms with Gasteiger partial charge in [0, 0.05) is 12.1 Å². The average Bonchev–Trinajstić information content (AvgIpc) is 2.62. The van der Waals surface area contributed by atoms with E-state index in [4.69, 9.17) is 4.74 Å². The minimum Gasteiger partial charge on any atom is -0.454 e. The van der Waals surface area contributed by atoms with Crippen LogP contribution in [0, 0.1) is 12.7 Å².